The molecule has 0 radical (unpaired) electrons. The number of halogens is 1. The van der Waals surface area contributed by atoms with Crippen LogP contribution in [0.2, 0.25) is 0 Å². The quantitative estimate of drug-likeness (QED) is 0.693. The third-order valence-electron chi connectivity index (χ3n) is 4.09. The van der Waals surface area contributed by atoms with Crippen molar-refractivity contribution in [1.82, 2.24) is 10.2 Å². The van der Waals surface area contributed by atoms with Crippen LogP contribution in [0, 0.1) is 5.82 Å². The van der Waals surface area contributed by atoms with Crippen LogP contribution < -0.4 is 5.32 Å². The summed E-state index contributed by atoms with van der Waals surface area (Å²) in [6.07, 6.45) is 0. The second-order valence-corrected chi connectivity index (χ2v) is 5.74. The summed E-state index contributed by atoms with van der Waals surface area (Å²) in [7, 11) is 0. The predicted molar refractivity (Wildman–Crippen MR) is 84.8 cm³/mol. The Morgan fingerprint density at radius 2 is 1.71 bits per heavy atom. The Morgan fingerprint density at radius 1 is 1.08 bits per heavy atom. The molecule has 1 N–H and O–H groups in total. The van der Waals surface area contributed by atoms with Crippen LogP contribution in [0.4, 0.5) is 9.18 Å². The van der Waals surface area contributed by atoms with Crippen LogP contribution in [0.15, 0.2) is 54.6 Å². The fraction of sp³-hybridized carbons (Fsp3) is 0.167. The van der Waals surface area contributed by atoms with E-state index >= 15 is 0 Å². The van der Waals surface area contributed by atoms with Crippen LogP contribution in [0.5, 0.6) is 0 Å². The van der Waals surface area contributed by atoms with Gasteiger partial charge in [-0.05, 0) is 24.6 Å². The van der Waals surface area contributed by atoms with Gasteiger partial charge in [0.15, 0.2) is 5.78 Å². The molecule has 0 spiro atoms. The number of benzene rings is 2. The van der Waals surface area contributed by atoms with Gasteiger partial charge in [-0.3, -0.25) is 14.5 Å². The first kappa shape index (κ1) is 15.9. The molecule has 2 aromatic carbocycles. The second kappa shape index (κ2) is 5.88. The van der Waals surface area contributed by atoms with E-state index in [1.54, 1.807) is 30.3 Å². The van der Waals surface area contributed by atoms with Gasteiger partial charge in [0.25, 0.3) is 5.91 Å². The molecule has 3 amide bonds. The van der Waals surface area contributed by atoms with Crippen molar-refractivity contribution in [3.05, 3.63) is 71.5 Å². The minimum atomic E-state index is -1.32. The van der Waals surface area contributed by atoms with Crippen molar-refractivity contribution in [1.29, 1.82) is 0 Å². The number of urea groups is 1. The summed E-state index contributed by atoms with van der Waals surface area (Å²) in [6, 6.07) is 13.1. The molecule has 0 unspecified atom stereocenters. The highest BCUT2D eigenvalue weighted by Crippen LogP contribution is 2.29. The minimum Gasteiger partial charge on any atom is -0.319 e. The summed E-state index contributed by atoms with van der Waals surface area (Å²) in [5.41, 5.74) is -0.438. The fourth-order valence-electron chi connectivity index (χ4n) is 2.68. The number of imide groups is 1. The molecule has 1 atom stereocenters. The number of ketones is 1. The van der Waals surface area contributed by atoms with E-state index in [1.807, 2.05) is 0 Å². The zero-order chi connectivity index (χ0) is 17.3. The van der Waals surface area contributed by atoms with Gasteiger partial charge in [-0.1, -0.05) is 42.5 Å². The molecule has 0 aromatic heterocycles. The summed E-state index contributed by atoms with van der Waals surface area (Å²) in [5, 5.41) is 2.59. The van der Waals surface area contributed by atoms with Crippen molar-refractivity contribution >= 4 is 17.7 Å². The number of hydrogen-bond donors (Lipinski definition) is 1. The van der Waals surface area contributed by atoms with Crippen LogP contribution in [0.25, 0.3) is 0 Å². The van der Waals surface area contributed by atoms with Gasteiger partial charge in [0.2, 0.25) is 0 Å². The molecule has 0 aliphatic carbocycles. The number of Topliss-reactive ketones (excluding diaryl/α,β-unsaturated/α-hetero) is 1. The Morgan fingerprint density at radius 3 is 2.33 bits per heavy atom. The third-order valence-corrected chi connectivity index (χ3v) is 4.09. The van der Waals surface area contributed by atoms with E-state index in [2.05, 4.69) is 5.32 Å². The van der Waals surface area contributed by atoms with Gasteiger partial charge < -0.3 is 5.32 Å². The Balaban J connectivity index is 1.84. The fourth-order valence-corrected chi connectivity index (χ4v) is 2.68. The van der Waals surface area contributed by atoms with E-state index < -0.39 is 23.3 Å². The zero-order valence-corrected chi connectivity index (χ0v) is 13.0. The van der Waals surface area contributed by atoms with Gasteiger partial charge in [-0.25, -0.2) is 9.18 Å². The Hall–Kier alpha value is -3.02. The van der Waals surface area contributed by atoms with Gasteiger partial charge in [0, 0.05) is 5.56 Å². The lowest BCUT2D eigenvalue weighted by atomic mass is 9.92. The van der Waals surface area contributed by atoms with Gasteiger partial charge in [-0.15, -0.1) is 0 Å². The Bertz CT molecular complexity index is 805. The molecule has 6 heteroatoms. The average Bonchev–Trinajstić information content (AvgIpc) is 2.80. The average molecular weight is 326 g/mol. The van der Waals surface area contributed by atoms with E-state index in [-0.39, 0.29) is 12.3 Å². The first-order valence-electron chi connectivity index (χ1n) is 7.40. The van der Waals surface area contributed by atoms with Crippen LogP contribution >= 0.6 is 0 Å². The summed E-state index contributed by atoms with van der Waals surface area (Å²) >= 11 is 0. The number of rotatable bonds is 4. The summed E-state index contributed by atoms with van der Waals surface area (Å²) < 4.78 is 13.1. The van der Waals surface area contributed by atoms with Gasteiger partial charge in [0.1, 0.15) is 11.4 Å². The monoisotopic (exact) mass is 326 g/mol. The number of amides is 3. The normalized spacial score (nSPS) is 20.2. The van der Waals surface area contributed by atoms with Crippen molar-refractivity contribution in [3.8, 4) is 0 Å². The standard InChI is InChI=1S/C18H15FN2O3/c1-18(13-7-9-14(19)10-8-13)16(23)21(17(24)20-18)11-15(22)12-5-3-2-4-6-12/h2-10H,11H2,1H3,(H,20,24)/t18-/m1/s1. The van der Waals surface area contributed by atoms with E-state index in [1.165, 1.54) is 31.2 Å². The van der Waals surface area contributed by atoms with Crippen LogP contribution in [-0.2, 0) is 10.3 Å². The molecule has 1 aliphatic heterocycles. The van der Waals surface area contributed by atoms with Gasteiger partial charge in [0.05, 0.1) is 6.54 Å². The molecular weight excluding hydrogens is 311 g/mol. The van der Waals surface area contributed by atoms with E-state index in [0.717, 1.165) is 4.90 Å². The molecule has 0 saturated carbocycles. The number of nitrogens with zero attached hydrogens (tertiary/aromatic N) is 1. The molecule has 1 fully saturated rings. The van der Waals surface area contributed by atoms with Gasteiger partial charge in [-0.2, -0.15) is 0 Å². The summed E-state index contributed by atoms with van der Waals surface area (Å²) in [6.45, 7) is 1.19. The highest BCUT2D eigenvalue weighted by atomic mass is 19.1. The van der Waals surface area contributed by atoms with Crippen LogP contribution in [0.1, 0.15) is 22.8 Å². The SMILES string of the molecule is C[C@]1(c2ccc(F)cc2)NC(=O)N(CC(=O)c2ccccc2)C1=O. The Kier molecular flexibility index (Phi) is 3.89. The molecule has 24 heavy (non-hydrogen) atoms. The number of carbonyl (C=O) groups excluding carboxylic acids is 3. The molecular formula is C18H15FN2O3. The van der Waals surface area contributed by atoms with Crippen molar-refractivity contribution in [2.45, 2.75) is 12.5 Å². The molecule has 5 nitrogen and oxygen atoms in total. The first-order valence-corrected chi connectivity index (χ1v) is 7.40. The van der Waals surface area contributed by atoms with E-state index in [9.17, 15) is 18.8 Å². The summed E-state index contributed by atoms with van der Waals surface area (Å²) in [4.78, 5) is 38.0. The summed E-state index contributed by atoms with van der Waals surface area (Å²) in [5.74, 6) is -1.30. The highest BCUT2D eigenvalue weighted by Gasteiger charge is 2.49. The Labute approximate surface area is 138 Å². The van der Waals surface area contributed by atoms with Crippen molar-refractivity contribution in [2.75, 3.05) is 6.54 Å². The third kappa shape index (κ3) is 2.67. The second-order valence-electron chi connectivity index (χ2n) is 5.74. The van der Waals surface area contributed by atoms with Crippen LogP contribution in [0.3, 0.4) is 0 Å². The number of nitrogens with one attached hydrogen (secondary N) is 1. The smallest absolute Gasteiger partial charge is 0.319 e. The topological polar surface area (TPSA) is 66.5 Å². The predicted octanol–water partition coefficient (Wildman–Crippen LogP) is 2.48. The largest absolute Gasteiger partial charge is 0.325 e. The van der Waals surface area contributed by atoms with Crippen molar-refractivity contribution in [2.24, 2.45) is 0 Å². The molecule has 3 rings (SSSR count). The molecule has 0 bridgehead atoms. The lowest BCUT2D eigenvalue weighted by Gasteiger charge is -2.22. The highest BCUT2D eigenvalue weighted by molar-refractivity contribution is 6.11. The molecule has 1 heterocycles. The molecule has 2 aromatic rings. The van der Waals surface area contributed by atoms with E-state index in [4.69, 9.17) is 0 Å². The minimum absolute atomic E-state index is 0.331. The van der Waals surface area contributed by atoms with Crippen molar-refractivity contribution < 1.29 is 18.8 Å². The number of hydrogen-bond acceptors (Lipinski definition) is 3. The van der Waals surface area contributed by atoms with Gasteiger partial charge >= 0.3 is 6.03 Å². The maximum absolute atomic E-state index is 13.1. The molecule has 1 aliphatic rings. The lowest BCUT2D eigenvalue weighted by molar-refractivity contribution is -0.130. The van der Waals surface area contributed by atoms with Crippen LogP contribution in [-0.4, -0.2) is 29.2 Å². The van der Waals surface area contributed by atoms with E-state index in [0.29, 0.717) is 11.1 Å². The zero-order valence-electron chi connectivity index (χ0n) is 13.0. The molecule has 1 saturated heterocycles. The first-order chi connectivity index (χ1) is 11.4. The van der Waals surface area contributed by atoms with Crippen molar-refractivity contribution in [3.63, 3.8) is 0 Å². The lowest BCUT2D eigenvalue weighted by Crippen LogP contribution is -2.41. The maximum Gasteiger partial charge on any atom is 0.325 e. The maximum atomic E-state index is 13.1. The molecule has 122 valence electrons. The number of carbonyl (C=O) groups is 3.